The maximum Gasteiger partial charge on any atom is 0.228 e. The molecule has 0 unspecified atom stereocenters. The number of thiazole rings is 1. The van der Waals surface area contributed by atoms with Gasteiger partial charge in [0.05, 0.1) is 10.2 Å². The molecule has 0 bridgehead atoms. The Morgan fingerprint density at radius 3 is 2.50 bits per heavy atom. The van der Waals surface area contributed by atoms with Gasteiger partial charge in [-0.25, -0.2) is 4.98 Å². The maximum atomic E-state index is 12.4. The number of hydrogen-bond donors (Lipinski definition) is 0. The van der Waals surface area contributed by atoms with Crippen molar-refractivity contribution in [2.24, 2.45) is 0 Å². The van der Waals surface area contributed by atoms with Crippen LogP contribution in [0.2, 0.25) is 0 Å². The van der Waals surface area contributed by atoms with Gasteiger partial charge in [-0.15, -0.1) is 11.3 Å². The first-order valence-corrected chi connectivity index (χ1v) is 7.68. The Kier molecular flexibility index (Phi) is 3.09. The Balaban J connectivity index is 1.70. The van der Waals surface area contributed by atoms with Gasteiger partial charge in [-0.1, -0.05) is 42.5 Å². The van der Waals surface area contributed by atoms with Gasteiger partial charge in [0.1, 0.15) is 0 Å². The second-order valence-electron chi connectivity index (χ2n) is 4.85. The molecule has 106 valence electrons. The second-order valence-corrected chi connectivity index (χ2v) is 5.88. The van der Waals surface area contributed by atoms with Crippen LogP contribution in [0, 0.1) is 0 Å². The van der Waals surface area contributed by atoms with Crippen LogP contribution in [0.3, 0.4) is 0 Å². The molecule has 0 radical (unpaired) electrons. The number of hydrogen-bond acceptors (Lipinski definition) is 4. The number of fused-ring (bicyclic) bond motifs is 1. The third-order valence-corrected chi connectivity index (χ3v) is 4.42. The lowest BCUT2D eigenvalue weighted by Crippen LogP contribution is -1.98. The highest BCUT2D eigenvalue weighted by Crippen LogP contribution is 2.31. The van der Waals surface area contributed by atoms with Crippen LogP contribution in [0.4, 0.5) is 0 Å². The molecule has 3 nitrogen and oxygen atoms in total. The van der Waals surface area contributed by atoms with Crippen molar-refractivity contribution in [1.82, 2.24) is 4.98 Å². The van der Waals surface area contributed by atoms with Crippen molar-refractivity contribution < 1.29 is 9.21 Å². The highest BCUT2D eigenvalue weighted by molar-refractivity contribution is 7.21. The van der Waals surface area contributed by atoms with Gasteiger partial charge in [-0.3, -0.25) is 4.79 Å². The Hall–Kier alpha value is -2.72. The summed E-state index contributed by atoms with van der Waals surface area (Å²) in [6, 6.07) is 20.6. The molecule has 22 heavy (non-hydrogen) atoms. The van der Waals surface area contributed by atoms with E-state index in [1.165, 1.54) is 0 Å². The number of para-hydroxylation sites is 1. The molecule has 4 rings (SSSR count). The molecular formula is C18H11NO2S. The van der Waals surface area contributed by atoms with E-state index in [2.05, 4.69) is 4.98 Å². The first-order chi connectivity index (χ1) is 10.8. The lowest BCUT2D eigenvalue weighted by Gasteiger charge is -1.96. The first-order valence-electron chi connectivity index (χ1n) is 6.87. The summed E-state index contributed by atoms with van der Waals surface area (Å²) < 4.78 is 6.82. The van der Waals surface area contributed by atoms with E-state index in [0.717, 1.165) is 15.2 Å². The number of benzene rings is 2. The lowest BCUT2D eigenvalue weighted by molar-refractivity contribution is 0.101. The van der Waals surface area contributed by atoms with Crippen LogP contribution in [0.25, 0.3) is 21.0 Å². The molecule has 0 aliphatic carbocycles. The number of aromatic nitrogens is 1. The molecule has 0 aliphatic rings. The third kappa shape index (κ3) is 2.23. The molecular weight excluding hydrogens is 294 g/mol. The Morgan fingerprint density at radius 2 is 1.68 bits per heavy atom. The molecule has 0 fully saturated rings. The summed E-state index contributed by atoms with van der Waals surface area (Å²) >= 11 is 1.56. The van der Waals surface area contributed by atoms with Gasteiger partial charge in [-0.2, -0.15) is 0 Å². The van der Waals surface area contributed by atoms with Crippen molar-refractivity contribution in [1.29, 1.82) is 0 Å². The topological polar surface area (TPSA) is 43.1 Å². The Bertz CT molecular complexity index is 920. The monoisotopic (exact) mass is 305 g/mol. The van der Waals surface area contributed by atoms with Crippen molar-refractivity contribution in [3.8, 4) is 10.8 Å². The molecule has 0 atom stereocenters. The van der Waals surface area contributed by atoms with Crippen LogP contribution in [-0.2, 0) is 0 Å². The fourth-order valence-corrected chi connectivity index (χ4v) is 3.21. The minimum atomic E-state index is -0.118. The smallest absolute Gasteiger partial charge is 0.228 e. The van der Waals surface area contributed by atoms with Crippen LogP contribution in [0.15, 0.2) is 71.1 Å². The van der Waals surface area contributed by atoms with Crippen LogP contribution in [-0.4, -0.2) is 10.8 Å². The zero-order valence-electron chi connectivity index (χ0n) is 11.5. The largest absolute Gasteiger partial charge is 0.450 e. The summed E-state index contributed by atoms with van der Waals surface area (Å²) in [5.74, 6) is 0.842. The van der Waals surface area contributed by atoms with E-state index in [1.54, 1.807) is 35.6 Å². The van der Waals surface area contributed by atoms with E-state index in [-0.39, 0.29) is 5.78 Å². The Labute approximate surface area is 130 Å². The molecule has 2 aromatic carbocycles. The number of ketones is 1. The van der Waals surface area contributed by atoms with Gasteiger partial charge in [0.15, 0.2) is 16.5 Å². The van der Waals surface area contributed by atoms with E-state index in [1.807, 2.05) is 42.5 Å². The third-order valence-electron chi connectivity index (χ3n) is 3.37. The van der Waals surface area contributed by atoms with E-state index >= 15 is 0 Å². The number of carbonyl (C=O) groups is 1. The molecule has 0 saturated heterocycles. The molecule has 2 heterocycles. The van der Waals surface area contributed by atoms with Crippen molar-refractivity contribution in [2.75, 3.05) is 0 Å². The van der Waals surface area contributed by atoms with Crippen molar-refractivity contribution >= 4 is 27.3 Å². The summed E-state index contributed by atoms with van der Waals surface area (Å²) in [6.07, 6.45) is 0. The van der Waals surface area contributed by atoms with Crippen molar-refractivity contribution in [2.45, 2.75) is 0 Å². The number of carbonyl (C=O) groups excluding carboxylic acids is 1. The molecule has 4 aromatic rings. The quantitative estimate of drug-likeness (QED) is 0.511. The molecule has 0 amide bonds. The first kappa shape index (κ1) is 13.0. The minimum absolute atomic E-state index is 0.118. The van der Waals surface area contributed by atoms with E-state index in [4.69, 9.17) is 4.42 Å². The van der Waals surface area contributed by atoms with Gasteiger partial charge < -0.3 is 4.42 Å². The Morgan fingerprint density at radius 1 is 0.909 bits per heavy atom. The average Bonchev–Trinajstić information content (AvgIpc) is 3.21. The molecule has 0 saturated carbocycles. The van der Waals surface area contributed by atoms with Crippen LogP contribution in [0.1, 0.15) is 16.1 Å². The standard InChI is InChI=1S/C18H11NO2S/c20-17(12-6-2-1-3-7-12)14-10-11-15(21-14)18-19-13-8-4-5-9-16(13)22-18/h1-11H. The summed E-state index contributed by atoms with van der Waals surface area (Å²) in [7, 11) is 0. The average molecular weight is 305 g/mol. The van der Waals surface area contributed by atoms with Gasteiger partial charge >= 0.3 is 0 Å². The second kappa shape index (κ2) is 5.24. The SMILES string of the molecule is O=C(c1ccccc1)c1ccc(-c2nc3ccccc3s2)o1. The number of rotatable bonds is 3. The van der Waals surface area contributed by atoms with E-state index in [0.29, 0.717) is 17.1 Å². The van der Waals surface area contributed by atoms with Crippen molar-refractivity contribution in [3.63, 3.8) is 0 Å². The minimum Gasteiger partial charge on any atom is -0.450 e. The van der Waals surface area contributed by atoms with Gasteiger partial charge in [0.2, 0.25) is 5.78 Å². The van der Waals surface area contributed by atoms with Crippen molar-refractivity contribution in [3.05, 3.63) is 78.1 Å². The van der Waals surface area contributed by atoms with E-state index < -0.39 is 0 Å². The molecule has 0 aliphatic heterocycles. The summed E-state index contributed by atoms with van der Waals surface area (Å²) in [4.78, 5) is 16.9. The zero-order chi connectivity index (χ0) is 14.9. The highest BCUT2D eigenvalue weighted by atomic mass is 32.1. The normalized spacial score (nSPS) is 10.9. The number of furan rings is 1. The zero-order valence-corrected chi connectivity index (χ0v) is 12.3. The van der Waals surface area contributed by atoms with Crippen LogP contribution < -0.4 is 0 Å². The van der Waals surface area contributed by atoms with Crippen LogP contribution in [0.5, 0.6) is 0 Å². The summed E-state index contributed by atoms with van der Waals surface area (Å²) in [6.45, 7) is 0. The number of nitrogens with zero attached hydrogens (tertiary/aromatic N) is 1. The van der Waals surface area contributed by atoms with Gasteiger partial charge in [0, 0.05) is 5.56 Å². The van der Waals surface area contributed by atoms with Crippen LogP contribution >= 0.6 is 11.3 Å². The molecule has 4 heteroatoms. The lowest BCUT2D eigenvalue weighted by atomic mass is 10.1. The fraction of sp³-hybridized carbons (Fsp3) is 0. The molecule has 2 aromatic heterocycles. The molecule has 0 spiro atoms. The van der Waals surface area contributed by atoms with Gasteiger partial charge in [0.25, 0.3) is 0 Å². The summed E-state index contributed by atoms with van der Waals surface area (Å²) in [5.41, 5.74) is 1.56. The maximum absolute atomic E-state index is 12.4. The summed E-state index contributed by atoms with van der Waals surface area (Å²) in [5, 5.41) is 0.785. The predicted octanol–water partition coefficient (Wildman–Crippen LogP) is 4.79. The highest BCUT2D eigenvalue weighted by Gasteiger charge is 2.16. The fourth-order valence-electron chi connectivity index (χ4n) is 2.28. The molecule has 0 N–H and O–H groups in total. The van der Waals surface area contributed by atoms with E-state index in [9.17, 15) is 4.79 Å². The predicted molar refractivity (Wildman–Crippen MR) is 87.2 cm³/mol. The van der Waals surface area contributed by atoms with Gasteiger partial charge in [-0.05, 0) is 24.3 Å².